The molecule has 1 saturated heterocycles. The molecule has 1 N–H and O–H groups in total. The van der Waals surface area contributed by atoms with Crippen LogP contribution in [0, 0.1) is 0 Å². The lowest BCUT2D eigenvalue weighted by Gasteiger charge is -2.30. The zero-order valence-electron chi connectivity index (χ0n) is 15.7. The molecular formula is C19H31N3OS2. The molecule has 0 aromatic heterocycles. The van der Waals surface area contributed by atoms with Gasteiger partial charge in [-0.05, 0) is 45.2 Å². The van der Waals surface area contributed by atoms with Gasteiger partial charge in [0, 0.05) is 30.9 Å². The van der Waals surface area contributed by atoms with Crippen LogP contribution in [-0.2, 0) is 11.3 Å². The van der Waals surface area contributed by atoms with Crippen molar-refractivity contribution in [2.24, 2.45) is 0 Å². The average molecular weight is 382 g/mol. The molecule has 0 atom stereocenters. The van der Waals surface area contributed by atoms with E-state index in [-0.39, 0.29) is 10.7 Å². The van der Waals surface area contributed by atoms with E-state index in [9.17, 15) is 4.79 Å². The average Bonchev–Trinajstić information content (AvgIpc) is 2.78. The van der Waals surface area contributed by atoms with Gasteiger partial charge in [0.1, 0.15) is 0 Å². The minimum absolute atomic E-state index is 0.121. The van der Waals surface area contributed by atoms with Gasteiger partial charge in [-0.3, -0.25) is 9.69 Å². The number of carbonyl (C=O) groups is 1. The first-order valence-electron chi connectivity index (χ1n) is 8.96. The number of nitrogens with zero attached hydrogens (tertiary/aromatic N) is 2. The van der Waals surface area contributed by atoms with Crippen LogP contribution < -0.4 is 5.32 Å². The molecule has 1 aliphatic heterocycles. The fraction of sp³-hybridized carbons (Fsp3) is 0.632. The van der Waals surface area contributed by atoms with Gasteiger partial charge in [-0.1, -0.05) is 51.9 Å². The Hall–Kier alpha value is -0.690. The number of hydrogen-bond donors (Lipinski definition) is 1. The van der Waals surface area contributed by atoms with E-state index in [1.54, 1.807) is 0 Å². The van der Waals surface area contributed by atoms with E-state index in [1.807, 2.05) is 51.9 Å². The Morgan fingerprint density at radius 1 is 1.12 bits per heavy atom. The molecule has 0 aliphatic carbocycles. The van der Waals surface area contributed by atoms with Crippen LogP contribution in [0.3, 0.4) is 0 Å². The van der Waals surface area contributed by atoms with Crippen molar-refractivity contribution < 1.29 is 4.79 Å². The van der Waals surface area contributed by atoms with E-state index in [0.29, 0.717) is 13.1 Å². The maximum Gasteiger partial charge on any atom is 0.234 e. The molecule has 0 radical (unpaired) electrons. The molecule has 2 rings (SSSR count). The number of benzene rings is 1. The second-order valence-corrected chi connectivity index (χ2v) is 10.3. The molecule has 1 fully saturated rings. The molecule has 0 unspecified atom stereocenters. The van der Waals surface area contributed by atoms with Crippen LogP contribution >= 0.6 is 21.6 Å². The van der Waals surface area contributed by atoms with E-state index in [0.717, 1.165) is 44.7 Å². The second kappa shape index (κ2) is 10.5. The van der Waals surface area contributed by atoms with E-state index >= 15 is 0 Å². The molecule has 1 amide bonds. The van der Waals surface area contributed by atoms with Gasteiger partial charge in [0.25, 0.3) is 0 Å². The van der Waals surface area contributed by atoms with E-state index in [4.69, 9.17) is 0 Å². The van der Waals surface area contributed by atoms with Crippen LogP contribution in [0.2, 0.25) is 0 Å². The first-order valence-corrected chi connectivity index (χ1v) is 11.5. The molecule has 1 heterocycles. The maximum atomic E-state index is 12.2. The third-order valence-electron chi connectivity index (χ3n) is 4.29. The van der Waals surface area contributed by atoms with Crippen LogP contribution in [0.5, 0.6) is 0 Å². The Balaban J connectivity index is 1.72. The Morgan fingerprint density at radius 2 is 1.80 bits per heavy atom. The van der Waals surface area contributed by atoms with Crippen LogP contribution in [0.4, 0.5) is 0 Å². The van der Waals surface area contributed by atoms with Gasteiger partial charge in [-0.15, -0.1) is 0 Å². The second-order valence-electron chi connectivity index (χ2n) is 7.18. The summed E-state index contributed by atoms with van der Waals surface area (Å²) in [5.74, 6) is 0.121. The summed E-state index contributed by atoms with van der Waals surface area (Å²) >= 11 is 0. The lowest BCUT2D eigenvalue weighted by molar-refractivity contribution is -0.122. The van der Waals surface area contributed by atoms with Gasteiger partial charge in [0.15, 0.2) is 0 Å². The van der Waals surface area contributed by atoms with Crippen molar-refractivity contribution in [3.05, 3.63) is 35.9 Å². The molecule has 1 aliphatic rings. The summed E-state index contributed by atoms with van der Waals surface area (Å²) in [5, 5.41) is 3.03. The normalized spacial score (nSPS) is 17.2. The minimum Gasteiger partial charge on any atom is -0.351 e. The summed E-state index contributed by atoms with van der Waals surface area (Å²) in [6.45, 7) is 11.0. The molecule has 6 heteroatoms. The Morgan fingerprint density at radius 3 is 2.52 bits per heavy atom. The van der Waals surface area contributed by atoms with Crippen molar-refractivity contribution in [3.8, 4) is 0 Å². The molecule has 0 saturated carbocycles. The molecule has 4 nitrogen and oxygen atoms in total. The molecule has 0 spiro atoms. The summed E-state index contributed by atoms with van der Waals surface area (Å²) in [7, 11) is 3.79. The fourth-order valence-electron chi connectivity index (χ4n) is 3.19. The van der Waals surface area contributed by atoms with Gasteiger partial charge in [-0.25, -0.2) is 0 Å². The summed E-state index contributed by atoms with van der Waals surface area (Å²) in [4.78, 5) is 17.1. The SMILES string of the molecule is CSSC(C)(C)CN1CCCN(CC(=O)NCc2ccccc2)CC1. The fourth-order valence-corrected chi connectivity index (χ4v) is 5.38. The third-order valence-corrected chi connectivity index (χ3v) is 6.89. The third kappa shape index (κ3) is 8.03. The van der Waals surface area contributed by atoms with E-state index in [1.165, 1.54) is 0 Å². The van der Waals surface area contributed by atoms with E-state index in [2.05, 4.69) is 35.2 Å². The standard InChI is InChI=1S/C19H31N3OS2/c1-19(2,25-24-3)16-22-11-7-10-21(12-13-22)15-18(23)20-14-17-8-5-4-6-9-17/h4-6,8-9H,7,10-16H2,1-3H3,(H,20,23). The molecule has 1 aromatic rings. The predicted octanol–water partition coefficient (Wildman–Crippen LogP) is 3.10. The number of nitrogens with one attached hydrogen (secondary N) is 1. The van der Waals surface area contributed by atoms with Gasteiger partial charge in [0.05, 0.1) is 6.54 Å². The highest BCUT2D eigenvalue weighted by Gasteiger charge is 2.24. The van der Waals surface area contributed by atoms with Crippen molar-refractivity contribution in [2.45, 2.75) is 31.6 Å². The lowest BCUT2D eigenvalue weighted by atomic mass is 10.2. The van der Waals surface area contributed by atoms with Gasteiger partial charge in [-0.2, -0.15) is 0 Å². The summed E-state index contributed by atoms with van der Waals surface area (Å²) < 4.78 is 0.266. The summed E-state index contributed by atoms with van der Waals surface area (Å²) in [6, 6.07) is 10.1. The highest BCUT2D eigenvalue weighted by atomic mass is 33.1. The smallest absolute Gasteiger partial charge is 0.234 e. The summed E-state index contributed by atoms with van der Waals surface area (Å²) in [6.07, 6.45) is 3.27. The van der Waals surface area contributed by atoms with Crippen LogP contribution in [0.15, 0.2) is 30.3 Å². The molecule has 140 valence electrons. The Labute approximate surface area is 160 Å². The minimum atomic E-state index is 0.121. The van der Waals surface area contributed by atoms with Gasteiger partial charge < -0.3 is 10.2 Å². The van der Waals surface area contributed by atoms with Crippen molar-refractivity contribution in [3.63, 3.8) is 0 Å². The van der Waals surface area contributed by atoms with Crippen LogP contribution in [-0.4, -0.2) is 66.0 Å². The predicted molar refractivity (Wildman–Crippen MR) is 111 cm³/mol. The van der Waals surface area contributed by atoms with Crippen molar-refractivity contribution >= 4 is 27.5 Å². The highest BCUT2D eigenvalue weighted by molar-refractivity contribution is 8.76. The molecular weight excluding hydrogens is 350 g/mol. The first-order chi connectivity index (χ1) is 12.0. The number of rotatable bonds is 8. The maximum absolute atomic E-state index is 12.2. The highest BCUT2D eigenvalue weighted by Crippen LogP contribution is 2.34. The number of amides is 1. The lowest BCUT2D eigenvalue weighted by Crippen LogP contribution is -2.41. The molecule has 0 bridgehead atoms. The van der Waals surface area contributed by atoms with Crippen molar-refractivity contribution in [1.29, 1.82) is 0 Å². The zero-order valence-corrected chi connectivity index (χ0v) is 17.3. The number of carbonyl (C=O) groups excluding carboxylic acids is 1. The molecule has 25 heavy (non-hydrogen) atoms. The number of hydrogen-bond acceptors (Lipinski definition) is 5. The largest absolute Gasteiger partial charge is 0.351 e. The van der Waals surface area contributed by atoms with E-state index < -0.39 is 0 Å². The Bertz CT molecular complexity index is 525. The molecule has 1 aromatic carbocycles. The van der Waals surface area contributed by atoms with Gasteiger partial charge >= 0.3 is 0 Å². The quantitative estimate of drug-likeness (QED) is 0.700. The topological polar surface area (TPSA) is 35.6 Å². The zero-order chi connectivity index (χ0) is 18.1. The first kappa shape index (κ1) is 20.6. The van der Waals surface area contributed by atoms with Crippen LogP contribution in [0.25, 0.3) is 0 Å². The van der Waals surface area contributed by atoms with Crippen molar-refractivity contribution in [1.82, 2.24) is 15.1 Å². The van der Waals surface area contributed by atoms with Crippen molar-refractivity contribution in [2.75, 3.05) is 45.5 Å². The Kier molecular flexibility index (Phi) is 8.62. The van der Waals surface area contributed by atoms with Gasteiger partial charge in [0.2, 0.25) is 5.91 Å². The summed E-state index contributed by atoms with van der Waals surface area (Å²) in [5.41, 5.74) is 1.14. The van der Waals surface area contributed by atoms with Crippen LogP contribution in [0.1, 0.15) is 25.8 Å². The monoisotopic (exact) mass is 381 g/mol.